The van der Waals surface area contributed by atoms with E-state index < -0.39 is 0 Å². The summed E-state index contributed by atoms with van der Waals surface area (Å²) in [6.07, 6.45) is 15.2. The first-order chi connectivity index (χ1) is 11.6. The van der Waals surface area contributed by atoms with Crippen LogP contribution in [0, 0.1) is 0 Å². The van der Waals surface area contributed by atoms with Crippen LogP contribution in [0.15, 0.2) is 30.3 Å². The van der Waals surface area contributed by atoms with E-state index in [-0.39, 0.29) is 16.6 Å². The number of rotatable bonds is 14. The Balaban J connectivity index is 0.00000576. The first-order valence-electron chi connectivity index (χ1n) is 9.97. The van der Waals surface area contributed by atoms with Crippen LogP contribution in [0.4, 0.5) is 0 Å². The molecule has 0 heterocycles. The van der Waals surface area contributed by atoms with Crippen molar-refractivity contribution in [2.45, 2.75) is 102 Å². The van der Waals surface area contributed by atoms with Gasteiger partial charge in [-0.3, -0.25) is 0 Å². The van der Waals surface area contributed by atoms with E-state index in [4.69, 9.17) is 4.74 Å². The van der Waals surface area contributed by atoms with Crippen molar-refractivity contribution >= 4 is 15.9 Å². The Morgan fingerprint density at radius 1 is 0.880 bits per heavy atom. The molecule has 0 aromatic heterocycles. The molecule has 146 valence electrons. The SMILES string of the molecule is CCCCCCCCCCCCC(C)(Br)C(C)Oc1ccccc1.N. The average Bonchev–Trinajstić information content (AvgIpc) is 2.57. The van der Waals surface area contributed by atoms with Crippen molar-refractivity contribution in [3.05, 3.63) is 30.3 Å². The summed E-state index contributed by atoms with van der Waals surface area (Å²) in [6, 6.07) is 10.1. The van der Waals surface area contributed by atoms with Gasteiger partial charge in [0.2, 0.25) is 0 Å². The normalized spacial score (nSPS) is 14.4. The molecule has 0 fully saturated rings. The van der Waals surface area contributed by atoms with Crippen LogP contribution in [-0.4, -0.2) is 10.4 Å². The van der Waals surface area contributed by atoms with Gasteiger partial charge in [-0.15, -0.1) is 0 Å². The summed E-state index contributed by atoms with van der Waals surface area (Å²) in [5.74, 6) is 0.957. The molecule has 2 atom stereocenters. The van der Waals surface area contributed by atoms with Crippen LogP contribution >= 0.6 is 15.9 Å². The second-order valence-electron chi connectivity index (χ2n) is 7.28. The lowest BCUT2D eigenvalue weighted by Crippen LogP contribution is -2.35. The van der Waals surface area contributed by atoms with Crippen LogP contribution in [0.3, 0.4) is 0 Å². The van der Waals surface area contributed by atoms with Gasteiger partial charge in [0.05, 0.1) is 4.32 Å². The van der Waals surface area contributed by atoms with Crippen LogP contribution in [0.2, 0.25) is 0 Å². The van der Waals surface area contributed by atoms with Gasteiger partial charge >= 0.3 is 0 Å². The Hall–Kier alpha value is -0.540. The van der Waals surface area contributed by atoms with Gasteiger partial charge in [0.1, 0.15) is 11.9 Å². The highest BCUT2D eigenvalue weighted by molar-refractivity contribution is 9.10. The van der Waals surface area contributed by atoms with Gasteiger partial charge < -0.3 is 10.9 Å². The average molecular weight is 414 g/mol. The van der Waals surface area contributed by atoms with Crippen LogP contribution in [0.1, 0.15) is 91.4 Å². The van der Waals surface area contributed by atoms with Gasteiger partial charge in [0.15, 0.2) is 0 Å². The number of para-hydroxylation sites is 1. The molecule has 25 heavy (non-hydrogen) atoms. The molecular formula is C22H40BrNO. The van der Waals surface area contributed by atoms with Gasteiger partial charge in [-0.2, -0.15) is 0 Å². The summed E-state index contributed by atoms with van der Waals surface area (Å²) >= 11 is 3.90. The van der Waals surface area contributed by atoms with E-state index >= 15 is 0 Å². The number of hydrogen-bond donors (Lipinski definition) is 1. The number of benzene rings is 1. The lowest BCUT2D eigenvalue weighted by molar-refractivity contribution is 0.176. The van der Waals surface area contributed by atoms with Crippen LogP contribution in [0.5, 0.6) is 5.75 Å². The Labute approximate surface area is 164 Å². The maximum Gasteiger partial charge on any atom is 0.119 e. The summed E-state index contributed by atoms with van der Waals surface area (Å²) in [5.41, 5.74) is 0. The largest absolute Gasteiger partial charge is 0.489 e. The Morgan fingerprint density at radius 3 is 1.88 bits per heavy atom. The number of unbranched alkanes of at least 4 members (excludes halogenated alkanes) is 9. The summed E-state index contributed by atoms with van der Waals surface area (Å²) in [5, 5.41) is 0. The third-order valence-electron chi connectivity index (χ3n) is 4.92. The number of alkyl halides is 1. The lowest BCUT2D eigenvalue weighted by Gasteiger charge is -2.30. The third kappa shape index (κ3) is 11.6. The molecule has 2 unspecified atom stereocenters. The van der Waals surface area contributed by atoms with E-state index in [2.05, 4.69) is 36.7 Å². The minimum atomic E-state index is 0. The van der Waals surface area contributed by atoms with Crippen molar-refractivity contribution in [3.8, 4) is 5.75 Å². The van der Waals surface area contributed by atoms with Crippen LogP contribution in [-0.2, 0) is 0 Å². The summed E-state index contributed by atoms with van der Waals surface area (Å²) in [7, 11) is 0. The van der Waals surface area contributed by atoms with E-state index in [1.165, 1.54) is 64.2 Å². The topological polar surface area (TPSA) is 44.2 Å². The molecule has 0 radical (unpaired) electrons. The Morgan fingerprint density at radius 2 is 1.36 bits per heavy atom. The molecule has 0 saturated heterocycles. The summed E-state index contributed by atoms with van der Waals surface area (Å²) in [4.78, 5) is 0. The zero-order valence-electron chi connectivity index (χ0n) is 16.7. The lowest BCUT2D eigenvalue weighted by atomic mass is 9.97. The predicted molar refractivity (Wildman–Crippen MR) is 115 cm³/mol. The summed E-state index contributed by atoms with van der Waals surface area (Å²) < 4.78 is 6.12. The van der Waals surface area contributed by atoms with Crippen LogP contribution in [0.25, 0.3) is 0 Å². The first-order valence-corrected chi connectivity index (χ1v) is 10.8. The molecule has 0 saturated carbocycles. The maximum atomic E-state index is 6.07. The van der Waals surface area contributed by atoms with Crippen LogP contribution < -0.4 is 10.9 Å². The molecule has 0 spiro atoms. The first kappa shape index (κ1) is 24.5. The fourth-order valence-corrected chi connectivity index (χ4v) is 3.36. The van der Waals surface area contributed by atoms with Gasteiger partial charge in [0.25, 0.3) is 0 Å². The van der Waals surface area contributed by atoms with Gasteiger partial charge in [-0.05, 0) is 32.4 Å². The predicted octanol–water partition coefficient (Wildman–Crippen LogP) is 8.08. The van der Waals surface area contributed by atoms with Crippen molar-refractivity contribution in [3.63, 3.8) is 0 Å². The standard InChI is InChI=1S/C22H37BrO.H3N/c1-4-5-6-7-8-9-10-11-12-16-19-22(3,23)20(2)24-21-17-14-13-15-18-21;/h13-15,17-18,20H,4-12,16,19H2,1-3H3;1H3. The molecular weight excluding hydrogens is 374 g/mol. The van der Waals surface area contributed by atoms with E-state index in [1.807, 2.05) is 30.3 Å². The third-order valence-corrected chi connectivity index (χ3v) is 5.96. The molecule has 0 amide bonds. The molecule has 0 aliphatic heterocycles. The van der Waals surface area contributed by atoms with Crippen molar-refractivity contribution in [2.75, 3.05) is 0 Å². The fourth-order valence-electron chi connectivity index (χ4n) is 2.99. The molecule has 2 nitrogen and oxygen atoms in total. The highest BCUT2D eigenvalue weighted by atomic mass is 79.9. The maximum absolute atomic E-state index is 6.07. The molecule has 3 N–H and O–H groups in total. The zero-order valence-corrected chi connectivity index (χ0v) is 18.3. The minimum absolute atomic E-state index is 0. The molecule has 1 aromatic rings. The van der Waals surface area contributed by atoms with E-state index in [0.29, 0.717) is 0 Å². The van der Waals surface area contributed by atoms with Gasteiger partial charge in [-0.1, -0.05) is 105 Å². The smallest absolute Gasteiger partial charge is 0.119 e. The zero-order chi connectivity index (χ0) is 17.7. The van der Waals surface area contributed by atoms with Crippen molar-refractivity contribution < 1.29 is 4.74 Å². The number of halogens is 1. The van der Waals surface area contributed by atoms with E-state index in [0.717, 1.165) is 12.2 Å². The minimum Gasteiger partial charge on any atom is -0.489 e. The molecule has 1 rings (SSSR count). The molecule has 0 bridgehead atoms. The quantitative estimate of drug-likeness (QED) is 0.247. The van der Waals surface area contributed by atoms with Crippen molar-refractivity contribution in [1.82, 2.24) is 6.15 Å². The highest BCUT2D eigenvalue weighted by Crippen LogP contribution is 2.31. The van der Waals surface area contributed by atoms with Gasteiger partial charge in [-0.25, -0.2) is 0 Å². The van der Waals surface area contributed by atoms with Crippen molar-refractivity contribution in [2.24, 2.45) is 0 Å². The molecule has 1 aromatic carbocycles. The van der Waals surface area contributed by atoms with Gasteiger partial charge in [0, 0.05) is 0 Å². The Kier molecular flexibility index (Phi) is 14.3. The second-order valence-corrected chi connectivity index (χ2v) is 9.09. The number of ether oxygens (including phenoxy) is 1. The Bertz CT molecular complexity index is 408. The molecule has 0 aliphatic carbocycles. The highest BCUT2D eigenvalue weighted by Gasteiger charge is 2.29. The second kappa shape index (κ2) is 14.6. The monoisotopic (exact) mass is 413 g/mol. The van der Waals surface area contributed by atoms with E-state index in [9.17, 15) is 0 Å². The van der Waals surface area contributed by atoms with Crippen molar-refractivity contribution in [1.29, 1.82) is 0 Å². The summed E-state index contributed by atoms with van der Waals surface area (Å²) in [6.45, 7) is 6.70. The number of hydrogen-bond acceptors (Lipinski definition) is 2. The fraction of sp³-hybridized carbons (Fsp3) is 0.727. The molecule has 3 heteroatoms. The molecule has 0 aliphatic rings. The van der Waals surface area contributed by atoms with E-state index in [1.54, 1.807) is 0 Å².